The Balaban J connectivity index is 1.13. The largest absolute Gasteiger partial charge is 0.573 e. The Morgan fingerprint density at radius 3 is 2.42 bits per heavy atom. The molecule has 0 radical (unpaired) electrons. The molecule has 3 aromatic carbocycles. The number of alkyl halides is 3. The van der Waals surface area contributed by atoms with Crippen LogP contribution in [0.1, 0.15) is 56.6 Å². The average molecular weight is 681 g/mol. The molecule has 10 nitrogen and oxygen atoms in total. The number of thioether (sulfide) groups is 1. The number of amidine groups is 1. The molecule has 1 unspecified atom stereocenters. The first-order chi connectivity index (χ1) is 22.9. The van der Waals surface area contributed by atoms with E-state index in [1.807, 2.05) is 50.2 Å². The predicted molar refractivity (Wildman–Crippen MR) is 179 cm³/mol. The van der Waals surface area contributed by atoms with E-state index in [1.54, 1.807) is 13.2 Å². The van der Waals surface area contributed by atoms with Crippen molar-refractivity contribution in [2.24, 2.45) is 4.99 Å². The van der Waals surface area contributed by atoms with E-state index in [4.69, 9.17) is 4.74 Å². The molecule has 1 aliphatic rings. The second-order valence-electron chi connectivity index (χ2n) is 11.4. The van der Waals surface area contributed by atoms with Crippen molar-refractivity contribution in [3.05, 3.63) is 84.2 Å². The maximum Gasteiger partial charge on any atom is 0.573 e. The quantitative estimate of drug-likeness (QED) is 0.162. The van der Waals surface area contributed by atoms with Crippen molar-refractivity contribution >= 4 is 34.6 Å². The molecule has 48 heavy (non-hydrogen) atoms. The average Bonchev–Trinajstić information content (AvgIpc) is 3.69. The summed E-state index contributed by atoms with van der Waals surface area (Å²) in [5, 5.41) is 7.64. The summed E-state index contributed by atoms with van der Waals surface area (Å²) in [5.74, 6) is 1.20. The van der Waals surface area contributed by atoms with Crippen molar-refractivity contribution in [2.45, 2.75) is 51.8 Å². The zero-order valence-corrected chi connectivity index (χ0v) is 27.6. The van der Waals surface area contributed by atoms with Gasteiger partial charge in [0.1, 0.15) is 17.8 Å². The van der Waals surface area contributed by atoms with Crippen molar-refractivity contribution in [3.8, 4) is 28.6 Å². The minimum absolute atomic E-state index is 0.140. The van der Waals surface area contributed by atoms with Crippen LogP contribution in [0, 0.1) is 0 Å². The summed E-state index contributed by atoms with van der Waals surface area (Å²) in [6.07, 6.45) is -1.72. The number of carbonyl (C=O) groups excluding carboxylic acids is 2. The number of aromatic nitrogens is 3. The van der Waals surface area contributed by atoms with E-state index >= 15 is 0 Å². The number of carbonyl (C=O) groups is 2. The van der Waals surface area contributed by atoms with Crippen LogP contribution in [0.2, 0.25) is 0 Å². The Labute approximate surface area is 280 Å². The molecule has 1 fully saturated rings. The van der Waals surface area contributed by atoms with Gasteiger partial charge in [0.2, 0.25) is 5.91 Å². The molecule has 1 aliphatic heterocycles. The van der Waals surface area contributed by atoms with E-state index in [9.17, 15) is 22.8 Å². The van der Waals surface area contributed by atoms with Gasteiger partial charge in [-0.15, -0.1) is 18.3 Å². The van der Waals surface area contributed by atoms with Gasteiger partial charge >= 0.3 is 12.4 Å². The maximum absolute atomic E-state index is 12.8. The molecule has 4 aromatic rings. The number of anilines is 1. The van der Waals surface area contributed by atoms with Crippen molar-refractivity contribution in [2.75, 3.05) is 24.3 Å². The number of nitrogens with one attached hydrogen (secondary N) is 1. The highest BCUT2D eigenvalue weighted by atomic mass is 32.2. The number of nitrogens with zero attached hydrogens (tertiary/aromatic N) is 5. The van der Waals surface area contributed by atoms with E-state index in [-0.39, 0.29) is 29.2 Å². The minimum atomic E-state index is -4.76. The van der Waals surface area contributed by atoms with Crippen LogP contribution in [-0.4, -0.2) is 57.6 Å². The smallest absolute Gasteiger partial charge is 0.497 e. The molecule has 1 saturated heterocycles. The van der Waals surface area contributed by atoms with Crippen LogP contribution in [0.15, 0.2) is 78.0 Å². The fraction of sp³-hybridized carbons (Fsp3) is 0.324. The molecule has 0 aliphatic carbocycles. The number of ether oxygens (including phenoxy) is 2. The molecule has 0 spiro atoms. The fourth-order valence-corrected chi connectivity index (χ4v) is 6.05. The molecule has 3 amide bonds. The van der Waals surface area contributed by atoms with Gasteiger partial charge in [-0.05, 0) is 66.1 Å². The number of amides is 3. The van der Waals surface area contributed by atoms with Gasteiger partial charge in [0, 0.05) is 18.2 Å². The third-order valence-corrected chi connectivity index (χ3v) is 8.64. The summed E-state index contributed by atoms with van der Waals surface area (Å²) in [7, 11) is 1.57. The molecule has 1 atom stereocenters. The first kappa shape index (κ1) is 34.5. The predicted octanol–water partition coefficient (Wildman–Crippen LogP) is 7.69. The van der Waals surface area contributed by atoms with Crippen LogP contribution >= 0.6 is 11.8 Å². The van der Waals surface area contributed by atoms with Gasteiger partial charge in [0.15, 0.2) is 11.0 Å². The number of hydrogen-bond donors (Lipinski definition) is 1. The standard InChI is InChI=1S/C34H35F3N6O4S/c1-21(2)28-16-15-27(46-4)18-29(28)43-30(44)19-48-33(43)40-32(45)38-17-5-6-22(3)23-7-9-24(10-8-23)31-39-20-42(41-31)25-11-13-26(14-12-25)47-34(35,36)37/h7-16,18,20-22H,5-6,17,19H2,1-4H3,(H,38,45). The first-order valence-corrected chi connectivity index (χ1v) is 16.3. The van der Waals surface area contributed by atoms with Gasteiger partial charge in [-0.3, -0.25) is 9.69 Å². The molecule has 1 aromatic heterocycles. The van der Waals surface area contributed by atoms with Gasteiger partial charge in [-0.1, -0.05) is 62.9 Å². The monoisotopic (exact) mass is 680 g/mol. The lowest BCUT2D eigenvalue weighted by Crippen LogP contribution is -2.32. The zero-order valence-electron chi connectivity index (χ0n) is 26.8. The van der Waals surface area contributed by atoms with Crippen LogP contribution < -0.4 is 19.7 Å². The van der Waals surface area contributed by atoms with Crippen LogP contribution in [0.5, 0.6) is 11.5 Å². The van der Waals surface area contributed by atoms with Crippen molar-refractivity contribution in [1.82, 2.24) is 20.1 Å². The SMILES string of the molecule is COc1ccc(C(C)C)c(N2C(=O)CSC2=NC(=O)NCCCC(C)c2ccc(-c3ncn(-c4ccc(OC(F)(F)F)cc4)n3)cc2)c1. The number of rotatable bonds is 11. The third-order valence-electron chi connectivity index (χ3n) is 7.72. The molecule has 0 saturated carbocycles. The highest BCUT2D eigenvalue weighted by Gasteiger charge is 2.33. The normalized spacial score (nSPS) is 14.9. The van der Waals surface area contributed by atoms with Crippen molar-refractivity contribution in [1.29, 1.82) is 0 Å². The lowest BCUT2D eigenvalue weighted by atomic mass is 9.95. The number of aliphatic imine (C=N–C) groups is 1. The minimum Gasteiger partial charge on any atom is -0.497 e. The van der Waals surface area contributed by atoms with Crippen LogP contribution in [-0.2, 0) is 4.79 Å². The van der Waals surface area contributed by atoms with Gasteiger partial charge in [-0.2, -0.15) is 4.99 Å². The molecule has 0 bridgehead atoms. The van der Waals surface area contributed by atoms with Crippen LogP contribution in [0.25, 0.3) is 17.1 Å². The summed E-state index contributed by atoms with van der Waals surface area (Å²) in [6, 6.07) is 18.3. The summed E-state index contributed by atoms with van der Waals surface area (Å²) in [6.45, 7) is 6.62. The van der Waals surface area contributed by atoms with Gasteiger partial charge in [0.25, 0.3) is 0 Å². The summed E-state index contributed by atoms with van der Waals surface area (Å²) in [4.78, 5) is 35.6. The Morgan fingerprint density at radius 1 is 1.04 bits per heavy atom. The van der Waals surface area contributed by atoms with E-state index in [0.717, 1.165) is 29.5 Å². The van der Waals surface area contributed by atoms with E-state index in [2.05, 4.69) is 32.1 Å². The second kappa shape index (κ2) is 14.9. The molecule has 5 rings (SSSR count). The molecular weight excluding hydrogens is 645 g/mol. The number of halogens is 3. The van der Waals surface area contributed by atoms with E-state index in [1.165, 1.54) is 51.9 Å². The molecule has 14 heteroatoms. The van der Waals surface area contributed by atoms with Crippen LogP contribution in [0.3, 0.4) is 0 Å². The lowest BCUT2D eigenvalue weighted by Gasteiger charge is -2.22. The number of hydrogen-bond acceptors (Lipinski definition) is 7. The van der Waals surface area contributed by atoms with Gasteiger partial charge in [0.05, 0.1) is 24.2 Å². The maximum atomic E-state index is 12.8. The Morgan fingerprint density at radius 2 is 1.75 bits per heavy atom. The molecule has 252 valence electrons. The number of urea groups is 1. The van der Waals surface area contributed by atoms with E-state index in [0.29, 0.717) is 34.7 Å². The summed E-state index contributed by atoms with van der Waals surface area (Å²) < 4.78 is 48.1. The molecule has 2 heterocycles. The van der Waals surface area contributed by atoms with Gasteiger partial charge in [-0.25, -0.2) is 14.5 Å². The highest BCUT2D eigenvalue weighted by Crippen LogP contribution is 2.36. The zero-order chi connectivity index (χ0) is 34.4. The Hall–Kier alpha value is -4.85. The number of methoxy groups -OCH3 is 1. The lowest BCUT2D eigenvalue weighted by molar-refractivity contribution is -0.274. The van der Waals surface area contributed by atoms with E-state index < -0.39 is 12.4 Å². The summed E-state index contributed by atoms with van der Waals surface area (Å²) >= 11 is 1.23. The topological polar surface area (TPSA) is 111 Å². The van der Waals surface area contributed by atoms with Crippen molar-refractivity contribution < 1.29 is 32.2 Å². The summed E-state index contributed by atoms with van der Waals surface area (Å²) in [5.41, 5.74) is 4.07. The first-order valence-electron chi connectivity index (χ1n) is 15.3. The fourth-order valence-electron chi connectivity index (χ4n) is 5.19. The Bertz CT molecular complexity index is 1770. The number of benzene rings is 3. The molecule has 1 N–H and O–H groups in total. The highest BCUT2D eigenvalue weighted by molar-refractivity contribution is 8.15. The second-order valence-corrected chi connectivity index (χ2v) is 12.4. The van der Waals surface area contributed by atoms with Crippen molar-refractivity contribution in [3.63, 3.8) is 0 Å². The molecular formula is C34H35F3N6O4S. The third kappa shape index (κ3) is 8.54. The van der Waals surface area contributed by atoms with Gasteiger partial charge < -0.3 is 14.8 Å². The van der Waals surface area contributed by atoms with Crippen LogP contribution in [0.4, 0.5) is 23.7 Å². The Kier molecular flexibility index (Phi) is 10.7.